The van der Waals surface area contributed by atoms with Gasteiger partial charge in [-0.25, -0.2) is 0 Å². The molecule has 0 bridgehead atoms. The van der Waals surface area contributed by atoms with Crippen molar-refractivity contribution < 1.29 is 0 Å². The number of nitrogens with one attached hydrogen (secondary N) is 1. The van der Waals surface area contributed by atoms with E-state index in [2.05, 4.69) is 53.4 Å². The summed E-state index contributed by atoms with van der Waals surface area (Å²) >= 11 is 0. The molecule has 1 aromatic carbocycles. The summed E-state index contributed by atoms with van der Waals surface area (Å²) in [5, 5.41) is 3.53. The summed E-state index contributed by atoms with van der Waals surface area (Å²) in [5.41, 5.74) is 2.72. The van der Waals surface area contributed by atoms with Gasteiger partial charge >= 0.3 is 0 Å². The predicted molar refractivity (Wildman–Crippen MR) is 76.8 cm³/mol. The van der Waals surface area contributed by atoms with E-state index < -0.39 is 0 Å². The Hall–Kier alpha value is -0.900. The molecule has 0 spiro atoms. The number of nitrogens with zero attached hydrogens (tertiary/aromatic N) is 2. The van der Waals surface area contributed by atoms with Crippen molar-refractivity contribution in [1.82, 2.24) is 15.1 Å². The molecule has 2 rings (SSSR count). The van der Waals surface area contributed by atoms with Crippen molar-refractivity contribution >= 4 is 0 Å². The van der Waals surface area contributed by atoms with Crippen LogP contribution in [-0.4, -0.2) is 56.1 Å². The van der Waals surface area contributed by atoms with Crippen LogP contribution in [0.25, 0.3) is 0 Å². The molecule has 0 aliphatic carbocycles. The van der Waals surface area contributed by atoms with Gasteiger partial charge in [-0.1, -0.05) is 29.8 Å². The quantitative estimate of drug-likeness (QED) is 0.792. The first kappa shape index (κ1) is 13.5. The fraction of sp³-hybridized carbons (Fsp3) is 0.600. The van der Waals surface area contributed by atoms with E-state index in [1.54, 1.807) is 0 Å². The van der Waals surface area contributed by atoms with E-state index in [-0.39, 0.29) is 0 Å². The van der Waals surface area contributed by atoms with Crippen molar-refractivity contribution in [2.45, 2.75) is 13.5 Å². The van der Waals surface area contributed by atoms with E-state index in [1.165, 1.54) is 43.9 Å². The van der Waals surface area contributed by atoms with Crippen LogP contribution in [0.5, 0.6) is 0 Å². The third-order valence-corrected chi connectivity index (χ3v) is 3.61. The lowest BCUT2D eigenvalue weighted by Gasteiger charge is -2.32. The van der Waals surface area contributed by atoms with Crippen LogP contribution in [0, 0.1) is 6.92 Å². The molecule has 0 radical (unpaired) electrons. The summed E-state index contributed by atoms with van der Waals surface area (Å²) in [6.45, 7) is 10.2. The van der Waals surface area contributed by atoms with E-state index in [1.807, 2.05) is 0 Å². The topological polar surface area (TPSA) is 18.5 Å². The zero-order chi connectivity index (χ0) is 12.8. The second kappa shape index (κ2) is 6.88. The predicted octanol–water partition coefficient (Wildman–Crippen LogP) is 1.33. The van der Waals surface area contributed by atoms with Crippen LogP contribution in [0.2, 0.25) is 0 Å². The molecule has 0 amide bonds. The van der Waals surface area contributed by atoms with Crippen molar-refractivity contribution in [2.24, 2.45) is 0 Å². The molecule has 3 heteroatoms. The Bertz CT molecular complexity index is 357. The van der Waals surface area contributed by atoms with E-state index >= 15 is 0 Å². The lowest BCUT2D eigenvalue weighted by molar-refractivity contribution is 0.154. The van der Waals surface area contributed by atoms with Gasteiger partial charge < -0.3 is 10.2 Å². The first-order chi connectivity index (χ1) is 8.74. The highest BCUT2D eigenvalue weighted by atomic mass is 15.2. The standard InChI is InChI=1S/C15H25N3/c1-14-4-3-5-15(12-14)13-16-6-7-18-10-8-17(2)9-11-18/h3-5,12,16H,6-11,13H2,1-2H3. The third kappa shape index (κ3) is 4.41. The highest BCUT2D eigenvalue weighted by Gasteiger charge is 2.12. The fourth-order valence-electron chi connectivity index (χ4n) is 2.36. The molecule has 3 nitrogen and oxygen atoms in total. The summed E-state index contributed by atoms with van der Waals surface area (Å²) in [7, 11) is 2.20. The molecule has 1 aromatic rings. The number of rotatable bonds is 5. The van der Waals surface area contributed by atoms with Gasteiger partial charge in [0.05, 0.1) is 0 Å². The Labute approximate surface area is 111 Å². The van der Waals surface area contributed by atoms with Crippen molar-refractivity contribution in [3.05, 3.63) is 35.4 Å². The van der Waals surface area contributed by atoms with E-state index in [4.69, 9.17) is 0 Å². The van der Waals surface area contributed by atoms with Gasteiger partial charge in [-0.2, -0.15) is 0 Å². The molecule has 1 heterocycles. The summed E-state index contributed by atoms with van der Waals surface area (Å²) < 4.78 is 0. The SMILES string of the molecule is Cc1cccc(CNCCN2CCN(C)CC2)c1. The van der Waals surface area contributed by atoms with Gasteiger partial charge in [-0.3, -0.25) is 4.90 Å². The Balaban J connectivity index is 1.61. The average Bonchev–Trinajstić information content (AvgIpc) is 2.37. The lowest BCUT2D eigenvalue weighted by atomic mass is 10.1. The maximum atomic E-state index is 3.53. The molecule has 1 saturated heterocycles. The summed E-state index contributed by atoms with van der Waals surface area (Å²) in [6.07, 6.45) is 0. The van der Waals surface area contributed by atoms with Gasteiger partial charge in [0.2, 0.25) is 0 Å². The molecule has 100 valence electrons. The number of hydrogen-bond acceptors (Lipinski definition) is 3. The molecular weight excluding hydrogens is 222 g/mol. The zero-order valence-corrected chi connectivity index (χ0v) is 11.7. The summed E-state index contributed by atoms with van der Waals surface area (Å²) in [4.78, 5) is 4.94. The minimum Gasteiger partial charge on any atom is -0.311 e. The maximum Gasteiger partial charge on any atom is 0.0206 e. The van der Waals surface area contributed by atoms with Crippen LogP contribution in [0.4, 0.5) is 0 Å². The van der Waals surface area contributed by atoms with Gasteiger partial charge in [-0.15, -0.1) is 0 Å². The molecule has 1 N–H and O–H groups in total. The molecule has 0 atom stereocenters. The molecule has 1 aliphatic rings. The smallest absolute Gasteiger partial charge is 0.0206 e. The number of benzene rings is 1. The number of likely N-dealkylation sites (N-methyl/N-ethyl adjacent to an activating group) is 1. The van der Waals surface area contributed by atoms with Crippen molar-refractivity contribution in [3.8, 4) is 0 Å². The minimum absolute atomic E-state index is 0.982. The minimum atomic E-state index is 0.982. The van der Waals surface area contributed by atoms with Crippen molar-refractivity contribution in [1.29, 1.82) is 0 Å². The highest BCUT2D eigenvalue weighted by Crippen LogP contribution is 2.03. The van der Waals surface area contributed by atoms with Gasteiger partial charge in [-0.05, 0) is 19.5 Å². The summed E-state index contributed by atoms with van der Waals surface area (Å²) in [6, 6.07) is 8.72. The maximum absolute atomic E-state index is 3.53. The van der Waals surface area contributed by atoms with Crippen LogP contribution in [-0.2, 0) is 6.54 Å². The molecule has 0 aromatic heterocycles. The first-order valence-corrected chi connectivity index (χ1v) is 6.91. The van der Waals surface area contributed by atoms with Gasteiger partial charge in [0.15, 0.2) is 0 Å². The van der Waals surface area contributed by atoms with E-state index in [0.29, 0.717) is 0 Å². The molecule has 0 unspecified atom stereocenters. The van der Waals surface area contributed by atoms with Crippen LogP contribution >= 0.6 is 0 Å². The molecule has 1 fully saturated rings. The average molecular weight is 247 g/mol. The van der Waals surface area contributed by atoms with Crippen LogP contribution < -0.4 is 5.32 Å². The van der Waals surface area contributed by atoms with Crippen molar-refractivity contribution in [2.75, 3.05) is 46.3 Å². The fourth-order valence-corrected chi connectivity index (χ4v) is 2.36. The normalized spacial score (nSPS) is 18.1. The van der Waals surface area contributed by atoms with Gasteiger partial charge in [0.1, 0.15) is 0 Å². The zero-order valence-electron chi connectivity index (χ0n) is 11.7. The molecular formula is C15H25N3. The molecule has 1 aliphatic heterocycles. The van der Waals surface area contributed by atoms with Gasteiger partial charge in [0.25, 0.3) is 0 Å². The van der Waals surface area contributed by atoms with Gasteiger partial charge in [0, 0.05) is 45.8 Å². The highest BCUT2D eigenvalue weighted by molar-refractivity contribution is 5.21. The lowest BCUT2D eigenvalue weighted by Crippen LogP contribution is -2.46. The number of hydrogen-bond donors (Lipinski definition) is 1. The largest absolute Gasteiger partial charge is 0.311 e. The molecule has 18 heavy (non-hydrogen) atoms. The second-order valence-corrected chi connectivity index (χ2v) is 5.31. The first-order valence-electron chi connectivity index (χ1n) is 6.91. The van der Waals surface area contributed by atoms with E-state index in [9.17, 15) is 0 Å². The van der Waals surface area contributed by atoms with Crippen LogP contribution in [0.1, 0.15) is 11.1 Å². The Morgan fingerprint density at radius 2 is 1.94 bits per heavy atom. The number of aryl methyl sites for hydroxylation is 1. The van der Waals surface area contributed by atoms with Crippen LogP contribution in [0.15, 0.2) is 24.3 Å². The summed E-state index contributed by atoms with van der Waals surface area (Å²) in [5.74, 6) is 0. The Morgan fingerprint density at radius 3 is 2.67 bits per heavy atom. The second-order valence-electron chi connectivity index (χ2n) is 5.31. The van der Waals surface area contributed by atoms with E-state index in [0.717, 1.165) is 13.1 Å². The van der Waals surface area contributed by atoms with Crippen molar-refractivity contribution in [3.63, 3.8) is 0 Å². The Morgan fingerprint density at radius 1 is 1.17 bits per heavy atom. The third-order valence-electron chi connectivity index (χ3n) is 3.61. The monoisotopic (exact) mass is 247 g/mol. The Kier molecular flexibility index (Phi) is 5.17. The molecule has 0 saturated carbocycles. The number of piperazine rings is 1. The van der Waals surface area contributed by atoms with Crippen LogP contribution in [0.3, 0.4) is 0 Å².